The average molecular weight is 266 g/mol. The van der Waals surface area contributed by atoms with E-state index >= 15 is 0 Å². The Morgan fingerprint density at radius 1 is 1.44 bits per heavy atom. The molecule has 0 radical (unpaired) electrons. The molecule has 2 rings (SSSR count). The van der Waals surface area contributed by atoms with E-state index in [1.54, 1.807) is 0 Å². The molecule has 1 saturated heterocycles. The maximum absolute atomic E-state index is 3.69. The van der Waals surface area contributed by atoms with Crippen molar-refractivity contribution in [1.82, 2.24) is 10.6 Å². The molecule has 0 aliphatic carbocycles. The Balaban J connectivity index is 1.83. The van der Waals surface area contributed by atoms with Gasteiger partial charge in [-0.15, -0.1) is 11.3 Å². The van der Waals surface area contributed by atoms with E-state index in [4.69, 9.17) is 0 Å². The molecule has 2 nitrogen and oxygen atoms in total. The standard InChI is InChI=1S/C15H26N2S/c1-3-13-6-9-18-14(13)10-17-12-15(4-2)7-5-8-16-11-15/h6,9,16-17H,3-5,7-8,10-12H2,1-2H3. The van der Waals surface area contributed by atoms with E-state index in [-0.39, 0.29) is 0 Å². The zero-order valence-electron chi connectivity index (χ0n) is 11.7. The van der Waals surface area contributed by atoms with Crippen molar-refractivity contribution >= 4 is 11.3 Å². The van der Waals surface area contributed by atoms with E-state index in [1.807, 2.05) is 11.3 Å². The molecule has 0 saturated carbocycles. The predicted octanol–water partition coefficient (Wildman–Crippen LogP) is 3.18. The van der Waals surface area contributed by atoms with Crippen LogP contribution >= 0.6 is 11.3 Å². The number of nitrogens with one attached hydrogen (secondary N) is 2. The lowest BCUT2D eigenvalue weighted by Crippen LogP contribution is -2.45. The van der Waals surface area contributed by atoms with Crippen molar-refractivity contribution in [2.45, 2.75) is 46.1 Å². The van der Waals surface area contributed by atoms with Crippen molar-refractivity contribution in [2.75, 3.05) is 19.6 Å². The number of hydrogen-bond acceptors (Lipinski definition) is 3. The molecule has 18 heavy (non-hydrogen) atoms. The highest BCUT2D eigenvalue weighted by molar-refractivity contribution is 7.10. The second-order valence-electron chi connectivity index (χ2n) is 5.46. The summed E-state index contributed by atoms with van der Waals surface area (Å²) < 4.78 is 0. The molecule has 1 aliphatic rings. The maximum atomic E-state index is 3.69. The summed E-state index contributed by atoms with van der Waals surface area (Å²) in [7, 11) is 0. The monoisotopic (exact) mass is 266 g/mol. The van der Waals surface area contributed by atoms with Crippen LogP contribution in [-0.4, -0.2) is 19.6 Å². The fourth-order valence-electron chi connectivity index (χ4n) is 2.89. The molecule has 1 aromatic heterocycles. The quantitative estimate of drug-likeness (QED) is 0.826. The van der Waals surface area contributed by atoms with Crippen LogP contribution in [0.1, 0.15) is 43.6 Å². The Hall–Kier alpha value is -0.380. The Bertz CT molecular complexity index is 353. The number of thiophene rings is 1. The third-order valence-electron chi connectivity index (χ3n) is 4.31. The second kappa shape index (κ2) is 6.69. The van der Waals surface area contributed by atoms with E-state index < -0.39 is 0 Å². The van der Waals surface area contributed by atoms with Crippen LogP contribution in [0.2, 0.25) is 0 Å². The van der Waals surface area contributed by atoms with Crippen molar-refractivity contribution in [3.63, 3.8) is 0 Å². The van der Waals surface area contributed by atoms with Gasteiger partial charge in [-0.25, -0.2) is 0 Å². The Kier molecular flexibility index (Phi) is 5.22. The van der Waals surface area contributed by atoms with Crippen molar-refractivity contribution in [1.29, 1.82) is 0 Å². The molecule has 2 N–H and O–H groups in total. The second-order valence-corrected chi connectivity index (χ2v) is 6.46. The smallest absolute Gasteiger partial charge is 0.0302 e. The van der Waals surface area contributed by atoms with Crippen molar-refractivity contribution in [2.24, 2.45) is 5.41 Å². The van der Waals surface area contributed by atoms with E-state index in [9.17, 15) is 0 Å². The van der Waals surface area contributed by atoms with Gasteiger partial charge >= 0.3 is 0 Å². The van der Waals surface area contributed by atoms with Gasteiger partial charge in [0.25, 0.3) is 0 Å². The summed E-state index contributed by atoms with van der Waals surface area (Å²) in [6, 6.07) is 2.26. The first kappa shape index (κ1) is 14.0. The average Bonchev–Trinajstić information content (AvgIpc) is 2.87. The lowest BCUT2D eigenvalue weighted by atomic mass is 9.78. The zero-order valence-corrected chi connectivity index (χ0v) is 12.5. The summed E-state index contributed by atoms with van der Waals surface area (Å²) in [5, 5.41) is 9.47. The van der Waals surface area contributed by atoms with Crippen LogP contribution in [0, 0.1) is 5.41 Å². The van der Waals surface area contributed by atoms with Crippen molar-refractivity contribution in [3.05, 3.63) is 21.9 Å². The SMILES string of the molecule is CCc1ccsc1CNCC1(CC)CCCNC1. The molecule has 1 fully saturated rings. The first-order valence-corrected chi connectivity index (χ1v) is 8.14. The highest BCUT2D eigenvalue weighted by atomic mass is 32.1. The van der Waals surface area contributed by atoms with Gasteiger partial charge in [-0.1, -0.05) is 13.8 Å². The number of hydrogen-bond donors (Lipinski definition) is 2. The first-order valence-electron chi connectivity index (χ1n) is 7.26. The molecule has 0 bridgehead atoms. The Morgan fingerprint density at radius 3 is 3.00 bits per heavy atom. The van der Waals surface area contributed by atoms with E-state index in [2.05, 4.69) is 35.9 Å². The minimum absolute atomic E-state index is 0.488. The molecule has 1 aliphatic heterocycles. The van der Waals surface area contributed by atoms with Crippen LogP contribution in [0.5, 0.6) is 0 Å². The fourth-order valence-corrected chi connectivity index (χ4v) is 3.83. The fraction of sp³-hybridized carbons (Fsp3) is 0.733. The molecular weight excluding hydrogens is 240 g/mol. The summed E-state index contributed by atoms with van der Waals surface area (Å²) >= 11 is 1.89. The predicted molar refractivity (Wildman–Crippen MR) is 80.2 cm³/mol. The van der Waals surface area contributed by atoms with Gasteiger partial charge in [-0.3, -0.25) is 0 Å². The zero-order chi connectivity index (χ0) is 12.8. The van der Waals surface area contributed by atoms with Gasteiger partial charge in [0.05, 0.1) is 0 Å². The van der Waals surface area contributed by atoms with Crippen LogP contribution in [0.4, 0.5) is 0 Å². The van der Waals surface area contributed by atoms with Gasteiger partial charge in [0.15, 0.2) is 0 Å². The van der Waals surface area contributed by atoms with Gasteiger partial charge in [0.2, 0.25) is 0 Å². The van der Waals surface area contributed by atoms with Gasteiger partial charge in [-0.2, -0.15) is 0 Å². The summed E-state index contributed by atoms with van der Waals surface area (Å²) in [5.74, 6) is 0. The van der Waals surface area contributed by atoms with Crippen LogP contribution < -0.4 is 10.6 Å². The van der Waals surface area contributed by atoms with E-state index in [0.29, 0.717) is 5.41 Å². The molecule has 0 spiro atoms. The lowest BCUT2D eigenvalue weighted by Gasteiger charge is -2.37. The summed E-state index contributed by atoms with van der Waals surface area (Å²) in [6.07, 6.45) is 5.13. The van der Waals surface area contributed by atoms with Crippen LogP contribution in [0.15, 0.2) is 11.4 Å². The van der Waals surface area contributed by atoms with Crippen molar-refractivity contribution < 1.29 is 0 Å². The molecule has 3 heteroatoms. The highest BCUT2D eigenvalue weighted by Gasteiger charge is 2.29. The number of rotatable bonds is 6. The normalized spacial score (nSPS) is 24.3. The Morgan fingerprint density at radius 2 is 2.33 bits per heavy atom. The topological polar surface area (TPSA) is 24.1 Å². The molecule has 0 amide bonds. The van der Waals surface area contributed by atoms with Crippen LogP contribution in [-0.2, 0) is 13.0 Å². The largest absolute Gasteiger partial charge is 0.316 e. The third-order valence-corrected chi connectivity index (χ3v) is 5.28. The molecule has 102 valence electrons. The van der Waals surface area contributed by atoms with Gasteiger partial charge in [-0.05, 0) is 54.7 Å². The lowest BCUT2D eigenvalue weighted by molar-refractivity contribution is 0.192. The van der Waals surface area contributed by atoms with Crippen molar-refractivity contribution in [3.8, 4) is 0 Å². The molecule has 2 heterocycles. The summed E-state index contributed by atoms with van der Waals surface area (Å²) in [6.45, 7) is 9.15. The molecule has 1 aromatic rings. The van der Waals surface area contributed by atoms with E-state index in [0.717, 1.165) is 19.5 Å². The van der Waals surface area contributed by atoms with Crippen LogP contribution in [0.25, 0.3) is 0 Å². The molecule has 1 atom stereocenters. The first-order chi connectivity index (χ1) is 8.79. The molecular formula is C15H26N2S. The minimum Gasteiger partial charge on any atom is -0.316 e. The summed E-state index contributed by atoms with van der Waals surface area (Å²) in [5.41, 5.74) is 2.00. The van der Waals surface area contributed by atoms with Crippen LogP contribution in [0.3, 0.4) is 0 Å². The summed E-state index contributed by atoms with van der Waals surface area (Å²) in [4.78, 5) is 1.52. The van der Waals surface area contributed by atoms with Gasteiger partial charge < -0.3 is 10.6 Å². The molecule has 0 aromatic carbocycles. The van der Waals surface area contributed by atoms with Gasteiger partial charge in [0.1, 0.15) is 0 Å². The Labute approximate surface area is 115 Å². The third kappa shape index (κ3) is 3.34. The maximum Gasteiger partial charge on any atom is 0.0302 e. The van der Waals surface area contributed by atoms with E-state index in [1.165, 1.54) is 42.8 Å². The van der Waals surface area contributed by atoms with Gasteiger partial charge in [0, 0.05) is 24.5 Å². The number of aryl methyl sites for hydroxylation is 1. The minimum atomic E-state index is 0.488. The highest BCUT2D eigenvalue weighted by Crippen LogP contribution is 2.29. The number of piperidine rings is 1. The molecule has 1 unspecified atom stereocenters.